The predicted molar refractivity (Wildman–Crippen MR) is 182 cm³/mol. The van der Waals surface area contributed by atoms with E-state index in [-0.39, 0.29) is 51.6 Å². The summed E-state index contributed by atoms with van der Waals surface area (Å²) in [7, 11) is 0. The molecule has 0 amide bonds. The molecule has 0 spiro atoms. The van der Waals surface area contributed by atoms with Crippen LogP contribution in [0.5, 0.6) is 0 Å². The molecule has 0 heterocycles. The van der Waals surface area contributed by atoms with Crippen molar-refractivity contribution in [1.29, 1.82) is 0 Å². The number of aliphatic hydroxyl groups is 4. The maximum Gasteiger partial charge on any atom is 0.307 e. The summed E-state index contributed by atoms with van der Waals surface area (Å²) in [5, 5.41) is 39.5. The smallest absolute Gasteiger partial charge is 0.307 e. The van der Waals surface area contributed by atoms with Crippen LogP contribution in [0, 0.1) is 5.92 Å². The number of hydrogen-bond donors (Lipinski definition) is 5. The normalized spacial score (nSPS) is 12.6. The molecule has 0 bridgehead atoms. The Morgan fingerprint density at radius 2 is 1.24 bits per heavy atom. The van der Waals surface area contributed by atoms with Crippen molar-refractivity contribution >= 4 is 11.9 Å². The quantitative estimate of drug-likeness (QED) is 0.0392. The molecule has 268 valence electrons. The first-order valence-electron chi connectivity index (χ1n) is 17.0. The van der Waals surface area contributed by atoms with Crippen LogP contribution in [0.1, 0.15) is 51.9 Å². The highest BCUT2D eigenvalue weighted by atomic mass is 16.5. The highest BCUT2D eigenvalue weighted by molar-refractivity contribution is 5.70. The van der Waals surface area contributed by atoms with Gasteiger partial charge in [0.1, 0.15) is 13.2 Å². The average Bonchev–Trinajstić information content (AvgIpc) is 3.04. The third-order valence-electron chi connectivity index (χ3n) is 7.52. The molecule has 0 aliphatic heterocycles. The first kappa shape index (κ1) is 43.8. The van der Waals surface area contributed by atoms with Gasteiger partial charge >= 0.3 is 11.9 Å². The van der Waals surface area contributed by atoms with Gasteiger partial charge in [-0.1, -0.05) is 37.3 Å². The van der Waals surface area contributed by atoms with Gasteiger partial charge in [-0.25, -0.2) is 0 Å². The summed E-state index contributed by atoms with van der Waals surface area (Å²) in [5.74, 6) is -0.161. The van der Waals surface area contributed by atoms with Crippen LogP contribution in [-0.2, 0) is 19.1 Å². The minimum absolute atomic E-state index is 0.0729. The summed E-state index contributed by atoms with van der Waals surface area (Å²) in [6.45, 7) is 14.2. The first-order chi connectivity index (χ1) is 22.4. The van der Waals surface area contributed by atoms with Crippen LogP contribution in [-0.4, -0.2) is 159 Å². The Balaban J connectivity index is 3.95. The van der Waals surface area contributed by atoms with Crippen molar-refractivity contribution in [2.45, 2.75) is 51.9 Å². The number of carbonyl (C=O) groups excluding carboxylic acids is 2. The molecule has 1 atom stereocenters. The van der Waals surface area contributed by atoms with Crippen LogP contribution in [0.25, 0.3) is 0 Å². The number of rotatable bonds is 33. The Kier molecular flexibility index (Phi) is 31.2. The van der Waals surface area contributed by atoms with E-state index in [4.69, 9.17) is 29.9 Å². The van der Waals surface area contributed by atoms with E-state index < -0.39 is 0 Å². The van der Waals surface area contributed by atoms with Gasteiger partial charge in [0.05, 0.1) is 39.3 Å². The van der Waals surface area contributed by atoms with Crippen LogP contribution in [0.2, 0.25) is 0 Å². The summed E-state index contributed by atoms with van der Waals surface area (Å²) >= 11 is 0. The van der Waals surface area contributed by atoms with Crippen LogP contribution in [0.4, 0.5) is 0 Å². The Hall–Kier alpha value is -2.16. The maximum absolute atomic E-state index is 12.2. The van der Waals surface area contributed by atoms with E-state index in [1.165, 1.54) is 0 Å². The number of ether oxygens (including phenoxy) is 2. The van der Waals surface area contributed by atoms with Crippen molar-refractivity contribution in [2.75, 3.05) is 112 Å². The molecule has 0 fully saturated rings. The highest BCUT2D eigenvalue weighted by Crippen LogP contribution is 2.13. The molecular formula is C34H64N4O8. The SMILES string of the molecule is C=CC(C/C=C\COC(=O)CCN(CC)CCCN(CCO)CCO)CC/C=C/COC(=O)CCNCCCN(CCO)CCO. The van der Waals surface area contributed by atoms with Crippen molar-refractivity contribution in [1.82, 2.24) is 20.0 Å². The Bertz CT molecular complexity index is 787. The largest absolute Gasteiger partial charge is 0.461 e. The third kappa shape index (κ3) is 27.0. The van der Waals surface area contributed by atoms with Crippen molar-refractivity contribution in [3.05, 3.63) is 37.0 Å². The minimum atomic E-state index is -0.242. The maximum atomic E-state index is 12.2. The summed E-state index contributed by atoms with van der Waals surface area (Å²) in [6, 6.07) is 0. The van der Waals surface area contributed by atoms with Crippen molar-refractivity contribution in [3.63, 3.8) is 0 Å². The van der Waals surface area contributed by atoms with Gasteiger partial charge in [-0.05, 0) is 70.7 Å². The zero-order valence-electron chi connectivity index (χ0n) is 28.4. The molecular weight excluding hydrogens is 592 g/mol. The summed E-state index contributed by atoms with van der Waals surface area (Å²) in [6.07, 6.45) is 14.7. The molecule has 0 saturated carbocycles. The number of aliphatic hydroxyl groups excluding tert-OH is 4. The van der Waals surface area contributed by atoms with Crippen molar-refractivity contribution in [3.8, 4) is 0 Å². The van der Waals surface area contributed by atoms with Crippen LogP contribution >= 0.6 is 0 Å². The van der Waals surface area contributed by atoms with E-state index in [2.05, 4.69) is 23.7 Å². The number of esters is 2. The lowest BCUT2D eigenvalue weighted by atomic mass is 9.99. The lowest BCUT2D eigenvalue weighted by Gasteiger charge is -2.23. The van der Waals surface area contributed by atoms with E-state index in [9.17, 15) is 9.59 Å². The van der Waals surface area contributed by atoms with Gasteiger partial charge in [0.15, 0.2) is 0 Å². The molecule has 0 rings (SSSR count). The molecule has 0 aliphatic carbocycles. The molecule has 0 aromatic heterocycles. The molecule has 0 aromatic rings. The summed E-state index contributed by atoms with van der Waals surface area (Å²) < 4.78 is 10.6. The second-order valence-electron chi connectivity index (χ2n) is 11.1. The second kappa shape index (κ2) is 32.8. The Morgan fingerprint density at radius 1 is 0.696 bits per heavy atom. The summed E-state index contributed by atoms with van der Waals surface area (Å²) in [4.78, 5) is 30.3. The van der Waals surface area contributed by atoms with E-state index in [0.717, 1.165) is 64.8 Å². The van der Waals surface area contributed by atoms with E-state index >= 15 is 0 Å². The zero-order chi connectivity index (χ0) is 34.1. The molecule has 0 radical (unpaired) electrons. The Morgan fingerprint density at radius 3 is 1.80 bits per heavy atom. The minimum Gasteiger partial charge on any atom is -0.461 e. The lowest BCUT2D eigenvalue weighted by Crippen LogP contribution is -2.34. The van der Waals surface area contributed by atoms with Gasteiger partial charge in [-0.15, -0.1) is 6.58 Å². The number of allylic oxidation sites excluding steroid dienone is 3. The van der Waals surface area contributed by atoms with Gasteiger partial charge in [0, 0.05) is 39.3 Å². The van der Waals surface area contributed by atoms with Gasteiger partial charge in [0.25, 0.3) is 0 Å². The summed E-state index contributed by atoms with van der Waals surface area (Å²) in [5.41, 5.74) is 0. The topological polar surface area (TPSA) is 155 Å². The molecule has 12 nitrogen and oxygen atoms in total. The van der Waals surface area contributed by atoms with Gasteiger partial charge in [-0.2, -0.15) is 0 Å². The van der Waals surface area contributed by atoms with Gasteiger partial charge in [-0.3, -0.25) is 19.4 Å². The lowest BCUT2D eigenvalue weighted by molar-refractivity contribution is -0.143. The molecule has 0 saturated heterocycles. The van der Waals surface area contributed by atoms with Crippen LogP contribution in [0.15, 0.2) is 37.0 Å². The molecule has 0 aromatic carbocycles. The Labute approximate surface area is 277 Å². The van der Waals surface area contributed by atoms with Crippen LogP contribution in [0.3, 0.4) is 0 Å². The molecule has 46 heavy (non-hydrogen) atoms. The fraction of sp³-hybridized carbons (Fsp3) is 0.765. The average molecular weight is 657 g/mol. The molecule has 1 unspecified atom stereocenters. The van der Waals surface area contributed by atoms with E-state index in [1.807, 2.05) is 40.2 Å². The number of carbonyl (C=O) groups is 2. The molecule has 0 aliphatic rings. The first-order valence-corrected chi connectivity index (χ1v) is 17.0. The van der Waals surface area contributed by atoms with Crippen molar-refractivity contribution < 1.29 is 39.5 Å². The third-order valence-corrected chi connectivity index (χ3v) is 7.52. The fourth-order valence-corrected chi connectivity index (χ4v) is 4.77. The highest BCUT2D eigenvalue weighted by Gasteiger charge is 2.10. The second-order valence-corrected chi connectivity index (χ2v) is 11.1. The predicted octanol–water partition coefficient (Wildman–Crippen LogP) is 1.20. The molecule has 5 N–H and O–H groups in total. The number of nitrogens with one attached hydrogen (secondary N) is 1. The zero-order valence-corrected chi connectivity index (χ0v) is 28.4. The van der Waals surface area contributed by atoms with Crippen LogP contribution < -0.4 is 5.32 Å². The number of hydrogen-bond acceptors (Lipinski definition) is 12. The van der Waals surface area contributed by atoms with E-state index in [0.29, 0.717) is 58.0 Å². The van der Waals surface area contributed by atoms with Crippen molar-refractivity contribution in [2.24, 2.45) is 5.92 Å². The molecule has 12 heteroatoms. The number of nitrogens with zero attached hydrogens (tertiary/aromatic N) is 3. The fourth-order valence-electron chi connectivity index (χ4n) is 4.77. The van der Waals surface area contributed by atoms with Gasteiger partial charge in [0.2, 0.25) is 0 Å². The monoisotopic (exact) mass is 656 g/mol. The standard InChI is InChI=1S/C34H64N4O8/c1-3-32(12-6-5-8-30-45-33(43)14-17-35-16-10-18-37(22-26-39)23-27-40)13-7-9-31-46-34(44)15-21-36(4-2)19-11-20-38(24-28-41)25-29-42/h3,5,7-9,32,35,39-42H,1,4,6,10-31H2,2H3/b8-5+,9-7-. The van der Waals surface area contributed by atoms with E-state index in [1.54, 1.807) is 0 Å². The van der Waals surface area contributed by atoms with Gasteiger partial charge < -0.3 is 40.1 Å².